The van der Waals surface area contributed by atoms with Gasteiger partial charge in [-0.2, -0.15) is 9.40 Å². The van der Waals surface area contributed by atoms with Gasteiger partial charge in [-0.25, -0.2) is 18.0 Å². The molecule has 0 saturated carbocycles. The van der Waals surface area contributed by atoms with Crippen LogP contribution in [0.4, 0.5) is 5.69 Å². The normalized spacial score (nSPS) is 16.8. The minimum Gasteiger partial charge on any atom is -0.465 e. The lowest BCUT2D eigenvalue weighted by atomic mass is 9.98. The van der Waals surface area contributed by atoms with Crippen LogP contribution in [0, 0.1) is 19.8 Å². The number of aryl methyl sites for hydroxylation is 2. The Morgan fingerprint density at radius 3 is 2.21 bits per heavy atom. The van der Waals surface area contributed by atoms with E-state index in [-0.39, 0.29) is 28.3 Å². The highest BCUT2D eigenvalue weighted by molar-refractivity contribution is 7.89. The number of carbonyl (C=O) groups excluding carboxylic acids is 3. The number of aromatic amines is 1. The molecule has 1 aliphatic heterocycles. The Morgan fingerprint density at radius 2 is 1.70 bits per heavy atom. The number of amides is 1. The van der Waals surface area contributed by atoms with Gasteiger partial charge in [-0.3, -0.25) is 9.89 Å². The summed E-state index contributed by atoms with van der Waals surface area (Å²) in [6.07, 6.45) is 0.991. The molecular formula is C21H26N4O7S. The first-order chi connectivity index (χ1) is 15.6. The molecule has 11 nitrogen and oxygen atoms in total. The number of nitrogens with one attached hydrogen (secondary N) is 2. The fourth-order valence-electron chi connectivity index (χ4n) is 3.84. The molecule has 2 N–H and O–H groups in total. The molecule has 1 amide bonds. The first-order valence-electron chi connectivity index (χ1n) is 10.2. The third-order valence-corrected chi connectivity index (χ3v) is 7.59. The highest BCUT2D eigenvalue weighted by Crippen LogP contribution is 2.28. The number of ether oxygens (including phenoxy) is 2. The maximum atomic E-state index is 13.2. The number of nitrogens with zero attached hydrogens (tertiary/aromatic N) is 2. The molecule has 33 heavy (non-hydrogen) atoms. The van der Waals surface area contributed by atoms with E-state index in [9.17, 15) is 22.8 Å². The summed E-state index contributed by atoms with van der Waals surface area (Å²) in [6.45, 7) is 3.53. The van der Waals surface area contributed by atoms with E-state index < -0.39 is 33.8 Å². The summed E-state index contributed by atoms with van der Waals surface area (Å²) >= 11 is 0. The van der Waals surface area contributed by atoms with Crippen LogP contribution in [0.1, 0.15) is 44.9 Å². The third kappa shape index (κ3) is 5.06. The van der Waals surface area contributed by atoms with Crippen LogP contribution in [0.2, 0.25) is 0 Å². The topological polar surface area (TPSA) is 148 Å². The Hall–Kier alpha value is -3.25. The lowest BCUT2D eigenvalue weighted by Gasteiger charge is -2.31. The smallest absolute Gasteiger partial charge is 0.337 e. The van der Waals surface area contributed by atoms with Crippen molar-refractivity contribution in [1.29, 1.82) is 0 Å². The zero-order valence-corrected chi connectivity index (χ0v) is 19.6. The van der Waals surface area contributed by atoms with E-state index in [1.165, 1.54) is 36.7 Å². The first-order valence-corrected chi connectivity index (χ1v) is 11.7. The molecule has 0 unspecified atom stereocenters. The van der Waals surface area contributed by atoms with Gasteiger partial charge in [0, 0.05) is 18.8 Å². The quantitative estimate of drug-likeness (QED) is 0.596. The summed E-state index contributed by atoms with van der Waals surface area (Å²) in [5, 5.41) is 9.32. The molecule has 1 fully saturated rings. The molecule has 2 aromatic rings. The van der Waals surface area contributed by atoms with Crippen molar-refractivity contribution < 1.29 is 32.3 Å². The van der Waals surface area contributed by atoms with Crippen molar-refractivity contribution in [3.05, 3.63) is 40.7 Å². The molecule has 3 rings (SSSR count). The number of benzene rings is 1. The standard InChI is InChI=1S/C21H26N4O7S/c1-12-18(13(2)24-23-12)33(29,30)25-7-5-6-14(11-25)19(26)22-17-9-15(20(27)31-3)8-16(10-17)21(28)32-4/h8-10,14H,5-7,11H2,1-4H3,(H,22,26)(H,23,24)/t14-/m0/s1. The highest BCUT2D eigenvalue weighted by atomic mass is 32.2. The monoisotopic (exact) mass is 478 g/mol. The number of hydrogen-bond donors (Lipinski definition) is 2. The largest absolute Gasteiger partial charge is 0.465 e. The van der Waals surface area contributed by atoms with Crippen molar-refractivity contribution in [3.8, 4) is 0 Å². The highest BCUT2D eigenvalue weighted by Gasteiger charge is 2.36. The van der Waals surface area contributed by atoms with Gasteiger partial charge in [0.2, 0.25) is 15.9 Å². The summed E-state index contributed by atoms with van der Waals surface area (Å²) in [4.78, 5) is 37.0. The lowest BCUT2D eigenvalue weighted by molar-refractivity contribution is -0.120. The SMILES string of the molecule is COC(=O)c1cc(NC(=O)[C@H]2CCCN(S(=O)(=O)c3c(C)n[nH]c3C)C2)cc(C(=O)OC)c1. The van der Waals surface area contributed by atoms with Crippen LogP contribution in [-0.4, -0.2) is 68.1 Å². The van der Waals surface area contributed by atoms with Crippen LogP contribution in [0.25, 0.3) is 0 Å². The zero-order chi connectivity index (χ0) is 24.3. The molecule has 2 heterocycles. The molecule has 1 aliphatic rings. The molecule has 1 atom stereocenters. The fourth-order valence-corrected chi connectivity index (χ4v) is 5.70. The van der Waals surface area contributed by atoms with Crippen LogP contribution in [0.15, 0.2) is 23.1 Å². The summed E-state index contributed by atoms with van der Waals surface area (Å²) in [5.74, 6) is -2.41. The van der Waals surface area contributed by atoms with Crippen molar-refractivity contribution in [3.63, 3.8) is 0 Å². The number of aromatic nitrogens is 2. The number of H-pyrrole nitrogens is 1. The minimum atomic E-state index is -3.82. The van der Waals surface area contributed by atoms with E-state index in [4.69, 9.17) is 9.47 Å². The molecular weight excluding hydrogens is 452 g/mol. The number of rotatable bonds is 6. The minimum absolute atomic E-state index is 0.00121. The lowest BCUT2D eigenvalue weighted by Crippen LogP contribution is -2.44. The molecule has 0 bridgehead atoms. The zero-order valence-electron chi connectivity index (χ0n) is 18.8. The maximum Gasteiger partial charge on any atom is 0.337 e. The summed E-state index contributed by atoms with van der Waals surface area (Å²) < 4.78 is 37.0. The van der Waals surface area contributed by atoms with E-state index >= 15 is 0 Å². The van der Waals surface area contributed by atoms with Crippen LogP contribution in [0.3, 0.4) is 0 Å². The van der Waals surface area contributed by atoms with Gasteiger partial charge in [0.25, 0.3) is 0 Å². The predicted molar refractivity (Wildman–Crippen MR) is 117 cm³/mol. The van der Waals surface area contributed by atoms with Gasteiger partial charge in [0.05, 0.1) is 42.7 Å². The Labute approximate surface area is 191 Å². The number of carbonyl (C=O) groups is 3. The average molecular weight is 479 g/mol. The molecule has 0 spiro atoms. The van der Waals surface area contributed by atoms with Gasteiger partial charge in [0.1, 0.15) is 4.90 Å². The summed E-state index contributed by atoms with van der Waals surface area (Å²) in [6, 6.07) is 4.06. The molecule has 178 valence electrons. The van der Waals surface area contributed by atoms with Gasteiger partial charge < -0.3 is 14.8 Å². The van der Waals surface area contributed by atoms with E-state index in [1.54, 1.807) is 13.8 Å². The summed E-state index contributed by atoms with van der Waals surface area (Å²) in [7, 11) is -1.42. The number of methoxy groups -OCH3 is 2. The summed E-state index contributed by atoms with van der Waals surface area (Å²) in [5.41, 5.74) is 1.14. The van der Waals surface area contributed by atoms with Crippen molar-refractivity contribution in [1.82, 2.24) is 14.5 Å². The van der Waals surface area contributed by atoms with Gasteiger partial charge in [0.15, 0.2) is 0 Å². The number of piperidine rings is 1. The molecule has 0 radical (unpaired) electrons. The second-order valence-electron chi connectivity index (χ2n) is 7.74. The van der Waals surface area contributed by atoms with Crippen LogP contribution in [-0.2, 0) is 24.3 Å². The molecule has 1 aromatic heterocycles. The van der Waals surface area contributed by atoms with Crippen molar-refractivity contribution >= 4 is 33.6 Å². The number of sulfonamides is 1. The van der Waals surface area contributed by atoms with Crippen LogP contribution < -0.4 is 5.32 Å². The number of esters is 2. The Balaban J connectivity index is 1.82. The third-order valence-electron chi connectivity index (χ3n) is 5.46. The second kappa shape index (κ2) is 9.71. The second-order valence-corrected chi connectivity index (χ2v) is 9.61. The Kier molecular flexibility index (Phi) is 7.18. The molecule has 12 heteroatoms. The van der Waals surface area contributed by atoms with Crippen molar-refractivity contribution in [2.75, 3.05) is 32.6 Å². The molecule has 0 aliphatic carbocycles. The van der Waals surface area contributed by atoms with Crippen LogP contribution >= 0.6 is 0 Å². The molecule has 1 aromatic carbocycles. The van der Waals surface area contributed by atoms with E-state index in [0.29, 0.717) is 30.8 Å². The van der Waals surface area contributed by atoms with Crippen LogP contribution in [0.5, 0.6) is 0 Å². The van der Waals surface area contributed by atoms with E-state index in [0.717, 1.165) is 0 Å². The van der Waals surface area contributed by atoms with Crippen molar-refractivity contribution in [2.24, 2.45) is 5.92 Å². The van der Waals surface area contributed by atoms with Gasteiger partial charge in [-0.15, -0.1) is 0 Å². The molecule has 1 saturated heterocycles. The van der Waals surface area contributed by atoms with Gasteiger partial charge >= 0.3 is 11.9 Å². The Morgan fingerprint density at radius 1 is 1.09 bits per heavy atom. The van der Waals surface area contributed by atoms with E-state index in [2.05, 4.69) is 15.5 Å². The predicted octanol–water partition coefficient (Wildman–Crippen LogP) is 1.64. The average Bonchev–Trinajstić information content (AvgIpc) is 3.16. The van der Waals surface area contributed by atoms with Gasteiger partial charge in [-0.1, -0.05) is 0 Å². The number of anilines is 1. The Bertz CT molecular complexity index is 1140. The fraction of sp³-hybridized carbons (Fsp3) is 0.429. The number of hydrogen-bond acceptors (Lipinski definition) is 8. The van der Waals surface area contributed by atoms with Gasteiger partial charge in [-0.05, 0) is 44.9 Å². The maximum absolute atomic E-state index is 13.2. The van der Waals surface area contributed by atoms with Crippen molar-refractivity contribution in [2.45, 2.75) is 31.6 Å². The van der Waals surface area contributed by atoms with E-state index in [1.807, 2.05) is 0 Å². The first kappa shape index (κ1) is 24.4.